The number of nitrogens with one attached hydrogen (secondary N) is 1. The molecule has 1 amide bonds. The van der Waals surface area contributed by atoms with Crippen molar-refractivity contribution in [1.82, 2.24) is 9.36 Å². The van der Waals surface area contributed by atoms with E-state index < -0.39 is 0 Å². The molecule has 6 heteroatoms. The van der Waals surface area contributed by atoms with Crippen molar-refractivity contribution in [3.05, 3.63) is 6.33 Å². The topological polar surface area (TPSA) is 64.1 Å². The molecule has 1 aliphatic carbocycles. The van der Waals surface area contributed by atoms with Crippen LogP contribution in [0.1, 0.15) is 39.0 Å². The van der Waals surface area contributed by atoms with Crippen molar-refractivity contribution >= 4 is 22.6 Å². The zero-order valence-electron chi connectivity index (χ0n) is 9.89. The number of ether oxygens (including phenoxy) is 1. The van der Waals surface area contributed by atoms with Crippen molar-refractivity contribution in [1.29, 1.82) is 0 Å². The van der Waals surface area contributed by atoms with Gasteiger partial charge in [-0.25, -0.2) is 4.98 Å². The van der Waals surface area contributed by atoms with Crippen LogP contribution in [0.25, 0.3) is 0 Å². The van der Waals surface area contributed by atoms with E-state index in [2.05, 4.69) is 14.7 Å². The number of nitrogens with zero attached hydrogens (tertiary/aromatic N) is 2. The Hall–Kier alpha value is -1.01. The fourth-order valence-electron chi connectivity index (χ4n) is 2.01. The summed E-state index contributed by atoms with van der Waals surface area (Å²) in [5.41, 5.74) is 0. The summed E-state index contributed by atoms with van der Waals surface area (Å²) in [5.74, 6) is -0.115. The molecule has 0 saturated heterocycles. The first-order chi connectivity index (χ1) is 8.29. The molecule has 1 atom stereocenters. The quantitative estimate of drug-likeness (QED) is 0.876. The van der Waals surface area contributed by atoms with Crippen molar-refractivity contribution in [2.45, 2.75) is 51.2 Å². The van der Waals surface area contributed by atoms with Crippen LogP contribution in [-0.2, 0) is 9.53 Å². The number of hydrogen-bond donors (Lipinski definition) is 1. The maximum atomic E-state index is 11.9. The lowest BCUT2D eigenvalue weighted by Gasteiger charge is -2.19. The second kappa shape index (κ2) is 6.07. The van der Waals surface area contributed by atoms with Gasteiger partial charge in [0.15, 0.2) is 0 Å². The van der Waals surface area contributed by atoms with E-state index >= 15 is 0 Å². The van der Waals surface area contributed by atoms with E-state index in [1.165, 1.54) is 30.7 Å². The van der Waals surface area contributed by atoms with Crippen LogP contribution in [0.2, 0.25) is 0 Å². The first kappa shape index (κ1) is 12.4. The molecule has 1 fully saturated rings. The second-order valence-corrected chi connectivity index (χ2v) is 4.96. The predicted molar refractivity (Wildman–Crippen MR) is 66.0 cm³/mol. The molecule has 1 unspecified atom stereocenters. The Morgan fingerprint density at radius 1 is 1.65 bits per heavy atom. The molecular formula is C11H17N3O2S. The third-order valence-corrected chi connectivity index (χ3v) is 3.49. The van der Waals surface area contributed by atoms with Crippen LogP contribution >= 0.6 is 11.5 Å². The van der Waals surface area contributed by atoms with Gasteiger partial charge in [-0.05, 0) is 19.3 Å². The Bertz CT molecular complexity index is 350. The van der Waals surface area contributed by atoms with Crippen molar-refractivity contribution in [3.63, 3.8) is 0 Å². The number of aromatic nitrogens is 2. The molecule has 1 heterocycles. The second-order valence-electron chi connectivity index (χ2n) is 4.18. The van der Waals surface area contributed by atoms with Gasteiger partial charge in [0.25, 0.3) is 5.91 Å². The average Bonchev–Trinajstić information content (AvgIpc) is 2.97. The number of carbonyl (C=O) groups is 1. The van der Waals surface area contributed by atoms with Crippen LogP contribution in [0.4, 0.5) is 5.13 Å². The summed E-state index contributed by atoms with van der Waals surface area (Å²) in [6, 6.07) is 0. The molecule has 94 valence electrons. The number of amides is 1. The molecule has 0 radical (unpaired) electrons. The maximum Gasteiger partial charge on any atom is 0.255 e. The minimum Gasteiger partial charge on any atom is -0.365 e. The molecule has 0 aliphatic heterocycles. The van der Waals surface area contributed by atoms with Crippen molar-refractivity contribution < 1.29 is 9.53 Å². The monoisotopic (exact) mass is 255 g/mol. The van der Waals surface area contributed by atoms with Gasteiger partial charge in [0, 0.05) is 11.5 Å². The predicted octanol–water partition coefficient (Wildman–Crippen LogP) is 2.21. The summed E-state index contributed by atoms with van der Waals surface area (Å²) < 4.78 is 9.65. The Labute approximate surface area is 105 Å². The van der Waals surface area contributed by atoms with E-state index in [1.807, 2.05) is 6.92 Å². The highest BCUT2D eigenvalue weighted by Crippen LogP contribution is 2.23. The molecule has 1 aromatic heterocycles. The highest BCUT2D eigenvalue weighted by Gasteiger charge is 2.24. The Morgan fingerprint density at radius 3 is 3.00 bits per heavy atom. The average molecular weight is 255 g/mol. The summed E-state index contributed by atoms with van der Waals surface area (Å²) >= 11 is 1.17. The SMILES string of the molecule is CCC(OC1CCCC1)C(=O)Nc1ncns1. The molecule has 5 nitrogen and oxygen atoms in total. The summed E-state index contributed by atoms with van der Waals surface area (Å²) in [7, 11) is 0. The summed E-state index contributed by atoms with van der Waals surface area (Å²) in [6.07, 6.45) is 6.55. The number of rotatable bonds is 5. The smallest absolute Gasteiger partial charge is 0.255 e. The number of hydrogen-bond acceptors (Lipinski definition) is 5. The fourth-order valence-corrected chi connectivity index (χ4v) is 2.45. The van der Waals surface area contributed by atoms with Gasteiger partial charge in [-0.2, -0.15) is 4.37 Å². The van der Waals surface area contributed by atoms with E-state index in [1.54, 1.807) is 0 Å². The number of anilines is 1. The van der Waals surface area contributed by atoms with E-state index in [-0.39, 0.29) is 18.1 Å². The van der Waals surface area contributed by atoms with Crippen LogP contribution in [-0.4, -0.2) is 27.5 Å². The molecule has 0 bridgehead atoms. The molecule has 0 aromatic carbocycles. The van der Waals surface area contributed by atoms with Crippen molar-refractivity contribution in [2.24, 2.45) is 0 Å². The molecular weight excluding hydrogens is 238 g/mol. The third-order valence-electron chi connectivity index (χ3n) is 2.91. The lowest BCUT2D eigenvalue weighted by molar-refractivity contribution is -0.131. The Morgan fingerprint density at radius 2 is 2.41 bits per heavy atom. The lowest BCUT2D eigenvalue weighted by Crippen LogP contribution is -2.32. The van der Waals surface area contributed by atoms with Crippen LogP contribution in [0.15, 0.2) is 6.33 Å². The molecule has 1 aromatic rings. The Balaban J connectivity index is 1.86. The van der Waals surface area contributed by atoms with Crippen LogP contribution in [0.5, 0.6) is 0 Å². The largest absolute Gasteiger partial charge is 0.365 e. The maximum absolute atomic E-state index is 11.9. The molecule has 2 rings (SSSR count). The van der Waals surface area contributed by atoms with Gasteiger partial charge in [-0.1, -0.05) is 19.8 Å². The molecule has 1 N–H and O–H groups in total. The summed E-state index contributed by atoms with van der Waals surface area (Å²) in [4.78, 5) is 15.9. The molecule has 17 heavy (non-hydrogen) atoms. The number of carbonyl (C=O) groups excluding carboxylic acids is 1. The van der Waals surface area contributed by atoms with E-state index in [0.29, 0.717) is 11.6 Å². The molecule has 1 saturated carbocycles. The fraction of sp³-hybridized carbons (Fsp3) is 0.727. The zero-order valence-corrected chi connectivity index (χ0v) is 10.7. The van der Waals surface area contributed by atoms with Crippen LogP contribution in [0.3, 0.4) is 0 Å². The van der Waals surface area contributed by atoms with Crippen LogP contribution < -0.4 is 5.32 Å². The summed E-state index contributed by atoms with van der Waals surface area (Å²) in [5, 5.41) is 3.26. The van der Waals surface area contributed by atoms with Gasteiger partial charge >= 0.3 is 0 Å². The van der Waals surface area contributed by atoms with Crippen molar-refractivity contribution in [3.8, 4) is 0 Å². The van der Waals surface area contributed by atoms with E-state index in [0.717, 1.165) is 12.8 Å². The van der Waals surface area contributed by atoms with E-state index in [9.17, 15) is 4.79 Å². The van der Waals surface area contributed by atoms with Gasteiger partial charge in [-0.3, -0.25) is 10.1 Å². The van der Waals surface area contributed by atoms with Gasteiger partial charge in [0.05, 0.1) is 6.10 Å². The van der Waals surface area contributed by atoms with Crippen LogP contribution in [0, 0.1) is 0 Å². The van der Waals surface area contributed by atoms with Gasteiger partial charge in [0.2, 0.25) is 5.13 Å². The summed E-state index contributed by atoms with van der Waals surface area (Å²) in [6.45, 7) is 1.96. The van der Waals surface area contributed by atoms with Gasteiger partial charge < -0.3 is 4.74 Å². The Kier molecular flexibility index (Phi) is 4.44. The highest BCUT2D eigenvalue weighted by atomic mass is 32.1. The first-order valence-corrected chi connectivity index (χ1v) is 6.80. The molecule has 0 spiro atoms. The zero-order chi connectivity index (χ0) is 12.1. The highest BCUT2D eigenvalue weighted by molar-refractivity contribution is 7.09. The van der Waals surface area contributed by atoms with E-state index in [4.69, 9.17) is 4.74 Å². The third kappa shape index (κ3) is 3.47. The van der Waals surface area contributed by atoms with Gasteiger partial charge in [0.1, 0.15) is 12.4 Å². The molecule has 1 aliphatic rings. The lowest BCUT2D eigenvalue weighted by atomic mass is 10.2. The minimum absolute atomic E-state index is 0.115. The van der Waals surface area contributed by atoms with Gasteiger partial charge in [-0.15, -0.1) is 0 Å². The standard InChI is InChI=1S/C11H17N3O2S/c1-2-9(16-8-5-3-4-6-8)10(15)14-11-12-7-13-17-11/h7-9H,2-6H2,1H3,(H,12,13,14,15). The normalized spacial score (nSPS) is 18.2. The minimum atomic E-state index is -0.373. The van der Waals surface area contributed by atoms with Crippen molar-refractivity contribution in [2.75, 3.05) is 5.32 Å². The first-order valence-electron chi connectivity index (χ1n) is 6.02.